The van der Waals surface area contributed by atoms with Gasteiger partial charge in [0.15, 0.2) is 0 Å². The van der Waals surface area contributed by atoms with Gasteiger partial charge in [-0.2, -0.15) is 0 Å². The first kappa shape index (κ1) is 13.5. The molecule has 0 unspecified atom stereocenters. The Bertz CT molecular complexity index is 656. The molecular formula is C16H16FN3O. The number of rotatable bonds is 4. The van der Waals surface area contributed by atoms with Crippen molar-refractivity contribution in [2.45, 2.75) is 25.4 Å². The van der Waals surface area contributed by atoms with Crippen molar-refractivity contribution in [3.63, 3.8) is 0 Å². The average Bonchev–Trinajstić information content (AvgIpc) is 3.32. The van der Waals surface area contributed by atoms with Crippen molar-refractivity contribution in [2.24, 2.45) is 0 Å². The molecule has 0 atom stereocenters. The van der Waals surface area contributed by atoms with Crippen LogP contribution in [0.25, 0.3) is 0 Å². The van der Waals surface area contributed by atoms with Gasteiger partial charge in [0.25, 0.3) is 5.91 Å². The van der Waals surface area contributed by atoms with Crippen molar-refractivity contribution in [1.29, 1.82) is 0 Å². The maximum absolute atomic E-state index is 13.9. The number of amides is 1. The highest BCUT2D eigenvalue weighted by Gasteiger charge is 2.34. The van der Waals surface area contributed by atoms with Crippen LogP contribution in [0.15, 0.2) is 42.7 Å². The van der Waals surface area contributed by atoms with E-state index in [9.17, 15) is 9.18 Å². The third kappa shape index (κ3) is 3.02. The van der Waals surface area contributed by atoms with Crippen LogP contribution in [-0.2, 0) is 6.54 Å². The van der Waals surface area contributed by atoms with E-state index in [0.717, 1.165) is 18.4 Å². The van der Waals surface area contributed by atoms with Crippen LogP contribution in [0.2, 0.25) is 0 Å². The number of halogens is 1. The van der Waals surface area contributed by atoms with Gasteiger partial charge in [0.2, 0.25) is 0 Å². The van der Waals surface area contributed by atoms with Gasteiger partial charge in [-0.05, 0) is 48.7 Å². The molecule has 1 aliphatic rings. The molecular weight excluding hydrogens is 269 g/mol. The average molecular weight is 285 g/mol. The molecule has 1 amide bonds. The van der Waals surface area contributed by atoms with Gasteiger partial charge in [0.1, 0.15) is 5.82 Å². The molecule has 108 valence electrons. The van der Waals surface area contributed by atoms with E-state index in [1.54, 1.807) is 17.3 Å². The van der Waals surface area contributed by atoms with Crippen LogP contribution in [0.4, 0.5) is 10.1 Å². The van der Waals surface area contributed by atoms with Crippen molar-refractivity contribution >= 4 is 11.6 Å². The van der Waals surface area contributed by atoms with Crippen LogP contribution in [0, 0.1) is 5.82 Å². The lowest BCUT2D eigenvalue weighted by Crippen LogP contribution is -2.33. The van der Waals surface area contributed by atoms with E-state index in [1.165, 1.54) is 18.2 Å². The van der Waals surface area contributed by atoms with E-state index in [4.69, 9.17) is 5.73 Å². The standard InChI is InChI=1S/C16H16FN3O/c17-15-4-1-12(18)9-14(15)16(21)20(13-2-3-13)10-11-5-7-19-8-6-11/h1,4-9,13H,2-3,10,18H2. The fourth-order valence-corrected chi connectivity index (χ4v) is 2.30. The fourth-order valence-electron chi connectivity index (χ4n) is 2.30. The molecule has 0 saturated heterocycles. The Morgan fingerprint density at radius 2 is 2.00 bits per heavy atom. The van der Waals surface area contributed by atoms with Crippen LogP contribution < -0.4 is 5.73 Å². The molecule has 1 saturated carbocycles. The predicted molar refractivity (Wildman–Crippen MR) is 77.9 cm³/mol. The SMILES string of the molecule is Nc1ccc(F)c(C(=O)N(Cc2ccncc2)C2CC2)c1. The minimum atomic E-state index is -0.533. The van der Waals surface area contributed by atoms with E-state index in [-0.39, 0.29) is 17.5 Å². The Morgan fingerprint density at radius 3 is 2.67 bits per heavy atom. The molecule has 3 rings (SSSR count). The lowest BCUT2D eigenvalue weighted by molar-refractivity contribution is 0.0725. The summed E-state index contributed by atoms with van der Waals surface area (Å²) in [5.74, 6) is -0.839. The van der Waals surface area contributed by atoms with Crippen molar-refractivity contribution < 1.29 is 9.18 Å². The van der Waals surface area contributed by atoms with Crippen LogP contribution in [0.5, 0.6) is 0 Å². The van der Waals surface area contributed by atoms with Crippen LogP contribution in [0.1, 0.15) is 28.8 Å². The summed E-state index contributed by atoms with van der Waals surface area (Å²) in [4.78, 5) is 18.3. The molecule has 1 aromatic heterocycles. The highest BCUT2D eigenvalue weighted by atomic mass is 19.1. The molecule has 0 radical (unpaired) electrons. The summed E-state index contributed by atoms with van der Waals surface area (Å²) in [5, 5.41) is 0. The number of benzene rings is 1. The number of hydrogen-bond acceptors (Lipinski definition) is 3. The first-order valence-electron chi connectivity index (χ1n) is 6.90. The first-order valence-corrected chi connectivity index (χ1v) is 6.90. The van der Waals surface area contributed by atoms with Crippen LogP contribution in [-0.4, -0.2) is 21.8 Å². The molecule has 5 heteroatoms. The summed E-state index contributed by atoms with van der Waals surface area (Å²) >= 11 is 0. The number of aromatic nitrogens is 1. The lowest BCUT2D eigenvalue weighted by Gasteiger charge is -2.23. The van der Waals surface area contributed by atoms with Crippen molar-refractivity contribution in [1.82, 2.24) is 9.88 Å². The minimum Gasteiger partial charge on any atom is -0.399 e. The number of carbonyl (C=O) groups excluding carboxylic acids is 1. The van der Waals surface area contributed by atoms with Crippen molar-refractivity contribution in [3.8, 4) is 0 Å². The molecule has 1 heterocycles. The van der Waals surface area contributed by atoms with Crippen LogP contribution in [0.3, 0.4) is 0 Å². The van der Waals surface area contributed by atoms with Crippen LogP contribution >= 0.6 is 0 Å². The maximum atomic E-state index is 13.9. The van der Waals surface area contributed by atoms with E-state index in [2.05, 4.69) is 4.98 Å². The number of nitrogen functional groups attached to an aromatic ring is 1. The molecule has 1 aliphatic carbocycles. The second kappa shape index (κ2) is 5.52. The van der Waals surface area contributed by atoms with Gasteiger partial charge in [0.05, 0.1) is 5.56 Å². The van der Waals surface area contributed by atoms with Gasteiger partial charge in [-0.1, -0.05) is 0 Å². The zero-order valence-electron chi connectivity index (χ0n) is 11.5. The summed E-state index contributed by atoms with van der Waals surface area (Å²) in [5.41, 5.74) is 7.07. The molecule has 0 bridgehead atoms. The normalized spacial score (nSPS) is 14.0. The third-order valence-electron chi connectivity index (χ3n) is 3.57. The van der Waals surface area contributed by atoms with Crippen molar-refractivity contribution in [3.05, 3.63) is 59.7 Å². The number of carbonyl (C=O) groups is 1. The Morgan fingerprint density at radius 1 is 1.29 bits per heavy atom. The number of anilines is 1. The van der Waals surface area contributed by atoms with Gasteiger partial charge in [-0.15, -0.1) is 0 Å². The van der Waals surface area contributed by atoms with Gasteiger partial charge in [0, 0.05) is 30.7 Å². The molecule has 2 aromatic rings. The zero-order chi connectivity index (χ0) is 14.8. The van der Waals surface area contributed by atoms with Gasteiger partial charge in [-0.3, -0.25) is 9.78 Å². The summed E-state index contributed by atoms with van der Waals surface area (Å²) in [7, 11) is 0. The summed E-state index contributed by atoms with van der Waals surface area (Å²) < 4.78 is 13.9. The molecule has 4 nitrogen and oxygen atoms in total. The summed E-state index contributed by atoms with van der Waals surface area (Å²) in [6, 6.07) is 8.00. The van der Waals surface area contributed by atoms with E-state index >= 15 is 0 Å². The highest BCUT2D eigenvalue weighted by Crippen LogP contribution is 2.30. The Hall–Kier alpha value is -2.43. The smallest absolute Gasteiger partial charge is 0.257 e. The quantitative estimate of drug-likeness (QED) is 0.878. The Balaban J connectivity index is 1.87. The first-order chi connectivity index (χ1) is 10.1. The molecule has 21 heavy (non-hydrogen) atoms. The van der Waals surface area contributed by atoms with E-state index < -0.39 is 5.82 Å². The summed E-state index contributed by atoms with van der Waals surface area (Å²) in [6.07, 6.45) is 5.29. The number of nitrogens with two attached hydrogens (primary N) is 1. The summed E-state index contributed by atoms with van der Waals surface area (Å²) in [6.45, 7) is 0.459. The second-order valence-electron chi connectivity index (χ2n) is 5.26. The predicted octanol–water partition coefficient (Wildman–Crippen LogP) is 2.61. The van der Waals surface area contributed by atoms with Gasteiger partial charge >= 0.3 is 0 Å². The highest BCUT2D eigenvalue weighted by molar-refractivity contribution is 5.95. The topological polar surface area (TPSA) is 59.2 Å². The van der Waals surface area contributed by atoms with E-state index in [1.807, 2.05) is 12.1 Å². The second-order valence-corrected chi connectivity index (χ2v) is 5.26. The Kier molecular flexibility index (Phi) is 3.56. The zero-order valence-corrected chi connectivity index (χ0v) is 11.5. The van der Waals surface area contributed by atoms with Gasteiger partial charge < -0.3 is 10.6 Å². The molecule has 0 spiro atoms. The molecule has 1 fully saturated rings. The molecule has 2 N–H and O–H groups in total. The number of nitrogens with zero attached hydrogens (tertiary/aromatic N) is 2. The largest absolute Gasteiger partial charge is 0.399 e. The maximum Gasteiger partial charge on any atom is 0.257 e. The van der Waals surface area contributed by atoms with E-state index in [0.29, 0.717) is 12.2 Å². The monoisotopic (exact) mass is 285 g/mol. The molecule has 0 aliphatic heterocycles. The minimum absolute atomic E-state index is 0.0379. The number of pyridine rings is 1. The lowest BCUT2D eigenvalue weighted by atomic mass is 10.1. The fraction of sp³-hybridized carbons (Fsp3) is 0.250. The Labute approximate surface area is 122 Å². The molecule has 1 aromatic carbocycles. The number of hydrogen-bond donors (Lipinski definition) is 1. The van der Waals surface area contributed by atoms with Gasteiger partial charge in [-0.25, -0.2) is 4.39 Å². The van der Waals surface area contributed by atoms with Crippen molar-refractivity contribution in [2.75, 3.05) is 5.73 Å². The third-order valence-corrected chi connectivity index (χ3v) is 3.57.